The van der Waals surface area contributed by atoms with E-state index in [2.05, 4.69) is 15.8 Å². The molecule has 0 atom stereocenters. The van der Waals surface area contributed by atoms with Gasteiger partial charge in [0.1, 0.15) is 5.82 Å². The predicted molar refractivity (Wildman–Crippen MR) is 42.4 cm³/mol. The van der Waals surface area contributed by atoms with Gasteiger partial charge in [-0.2, -0.15) is 4.39 Å². The highest BCUT2D eigenvalue weighted by atomic mass is 19.2. The maximum Gasteiger partial charge on any atom is 0.239 e. The summed E-state index contributed by atoms with van der Waals surface area (Å²) in [6.07, 6.45) is 1.53. The summed E-state index contributed by atoms with van der Waals surface area (Å²) in [6, 6.07) is 0. The summed E-state index contributed by atoms with van der Waals surface area (Å²) in [7, 11) is 0. The third-order valence-corrected chi connectivity index (χ3v) is 1.31. The normalized spacial score (nSPS) is 16.1. The molecule has 0 aromatic heterocycles. The maximum atomic E-state index is 12.5. The van der Waals surface area contributed by atoms with E-state index < -0.39 is 5.97 Å². The van der Waals surface area contributed by atoms with E-state index in [-0.39, 0.29) is 17.8 Å². The van der Waals surface area contributed by atoms with Gasteiger partial charge in [-0.25, -0.2) is 5.43 Å². The van der Waals surface area contributed by atoms with Crippen molar-refractivity contribution in [2.75, 3.05) is 13.2 Å². The SMILES string of the molecule is OCCCNC1=CC(F)=NN(F)N1. The molecule has 13 heavy (non-hydrogen) atoms. The van der Waals surface area contributed by atoms with Crippen LogP contribution in [0.1, 0.15) is 6.42 Å². The van der Waals surface area contributed by atoms with Crippen LogP contribution in [0.3, 0.4) is 0 Å². The number of nitrogens with zero attached hydrogens (tertiary/aromatic N) is 2. The van der Waals surface area contributed by atoms with Gasteiger partial charge in [-0.05, 0) is 11.8 Å². The highest BCUT2D eigenvalue weighted by Crippen LogP contribution is 2.01. The number of aliphatic hydroxyl groups excluding tert-OH is 1. The molecule has 0 radical (unpaired) electrons. The molecule has 0 bridgehead atoms. The number of hydrogen-bond donors (Lipinski definition) is 3. The van der Waals surface area contributed by atoms with E-state index in [1.807, 2.05) is 0 Å². The Balaban J connectivity index is 2.37. The van der Waals surface area contributed by atoms with Crippen LogP contribution in [0, 0.1) is 0 Å². The number of aliphatic hydroxyl groups is 1. The van der Waals surface area contributed by atoms with Crippen molar-refractivity contribution in [2.45, 2.75) is 6.42 Å². The Hall–Kier alpha value is -1.37. The summed E-state index contributed by atoms with van der Waals surface area (Å²) in [5.41, 5.74) is 2.11. The minimum Gasteiger partial charge on any atom is -0.396 e. The van der Waals surface area contributed by atoms with Crippen molar-refractivity contribution in [1.82, 2.24) is 16.1 Å². The Kier molecular flexibility index (Phi) is 3.44. The number of nitrogens with one attached hydrogen (secondary N) is 2. The van der Waals surface area contributed by atoms with Crippen molar-refractivity contribution >= 4 is 5.97 Å². The van der Waals surface area contributed by atoms with Crippen LogP contribution in [0.15, 0.2) is 17.0 Å². The zero-order chi connectivity index (χ0) is 9.68. The van der Waals surface area contributed by atoms with Gasteiger partial charge in [-0.3, -0.25) is 0 Å². The topological polar surface area (TPSA) is 59.9 Å². The van der Waals surface area contributed by atoms with E-state index in [0.717, 1.165) is 6.08 Å². The fourth-order valence-electron chi connectivity index (χ4n) is 0.781. The van der Waals surface area contributed by atoms with Gasteiger partial charge in [0.2, 0.25) is 5.97 Å². The van der Waals surface area contributed by atoms with Crippen LogP contribution in [-0.4, -0.2) is 29.6 Å². The zero-order valence-corrected chi connectivity index (χ0v) is 6.80. The Morgan fingerprint density at radius 1 is 1.69 bits per heavy atom. The lowest BCUT2D eigenvalue weighted by Gasteiger charge is -2.18. The first-order chi connectivity index (χ1) is 6.22. The van der Waals surface area contributed by atoms with Crippen molar-refractivity contribution < 1.29 is 14.0 Å². The summed E-state index contributed by atoms with van der Waals surface area (Å²) < 4.78 is 24.8. The second-order valence-corrected chi connectivity index (χ2v) is 2.36. The number of hydrazine groups is 1. The van der Waals surface area contributed by atoms with Crippen LogP contribution < -0.4 is 10.7 Å². The quantitative estimate of drug-likeness (QED) is 0.426. The Bertz CT molecular complexity index is 231. The highest BCUT2D eigenvalue weighted by molar-refractivity contribution is 5.87. The van der Waals surface area contributed by atoms with Gasteiger partial charge in [0.25, 0.3) is 0 Å². The molecule has 0 spiro atoms. The largest absolute Gasteiger partial charge is 0.396 e. The standard InChI is InChI=1S/C6H10F2N4O/c7-5-4-6(9-2-1-3-13)11-12(8)10-5/h4,9,11,13H,1-3H2. The Labute approximate surface area is 73.6 Å². The summed E-state index contributed by atoms with van der Waals surface area (Å²) in [4.78, 5) is 0. The minimum atomic E-state index is -0.923. The molecule has 1 heterocycles. The number of hydrogen-bond acceptors (Lipinski definition) is 5. The minimum absolute atomic E-state index is 0.0240. The third-order valence-electron chi connectivity index (χ3n) is 1.31. The molecule has 0 aliphatic carbocycles. The first kappa shape index (κ1) is 9.72. The van der Waals surface area contributed by atoms with E-state index in [1.54, 1.807) is 0 Å². The number of halogens is 2. The van der Waals surface area contributed by atoms with E-state index >= 15 is 0 Å². The first-order valence-corrected chi connectivity index (χ1v) is 3.75. The summed E-state index contributed by atoms with van der Waals surface area (Å²) >= 11 is 0. The summed E-state index contributed by atoms with van der Waals surface area (Å²) in [6.45, 7) is 0.451. The summed E-state index contributed by atoms with van der Waals surface area (Å²) in [5, 5.41) is 13.7. The van der Waals surface area contributed by atoms with Crippen molar-refractivity contribution in [2.24, 2.45) is 5.10 Å². The Morgan fingerprint density at radius 2 is 2.46 bits per heavy atom. The molecule has 0 aromatic rings. The van der Waals surface area contributed by atoms with Crippen LogP contribution in [0.25, 0.3) is 0 Å². The van der Waals surface area contributed by atoms with E-state index in [1.165, 1.54) is 0 Å². The van der Waals surface area contributed by atoms with Crippen LogP contribution in [0.5, 0.6) is 0 Å². The number of hydrazone groups is 1. The molecule has 0 fully saturated rings. The molecule has 0 amide bonds. The van der Waals surface area contributed by atoms with E-state index in [0.29, 0.717) is 13.0 Å². The van der Waals surface area contributed by atoms with Crippen molar-refractivity contribution in [3.63, 3.8) is 0 Å². The van der Waals surface area contributed by atoms with Gasteiger partial charge in [-0.15, -0.1) is 0 Å². The van der Waals surface area contributed by atoms with Crippen molar-refractivity contribution in [1.29, 1.82) is 0 Å². The van der Waals surface area contributed by atoms with Gasteiger partial charge in [0.15, 0.2) is 0 Å². The molecule has 7 heteroatoms. The van der Waals surface area contributed by atoms with Crippen molar-refractivity contribution in [3.8, 4) is 0 Å². The van der Waals surface area contributed by atoms with E-state index in [9.17, 15) is 8.87 Å². The predicted octanol–water partition coefficient (Wildman–Crippen LogP) is -0.213. The van der Waals surface area contributed by atoms with Gasteiger partial charge in [0, 0.05) is 19.2 Å². The van der Waals surface area contributed by atoms with Gasteiger partial charge in [0.05, 0.1) is 0 Å². The molecule has 1 rings (SSSR count). The van der Waals surface area contributed by atoms with E-state index in [4.69, 9.17) is 5.11 Å². The first-order valence-electron chi connectivity index (χ1n) is 3.75. The lowest BCUT2D eigenvalue weighted by molar-refractivity contribution is -0.0230. The van der Waals surface area contributed by atoms with Gasteiger partial charge in [-0.1, -0.05) is 9.58 Å². The highest BCUT2D eigenvalue weighted by Gasteiger charge is 2.10. The van der Waals surface area contributed by atoms with Crippen molar-refractivity contribution in [3.05, 3.63) is 11.9 Å². The monoisotopic (exact) mass is 192 g/mol. The number of allylic oxidation sites excluding steroid dienone is 1. The molecule has 5 nitrogen and oxygen atoms in total. The zero-order valence-electron chi connectivity index (χ0n) is 6.80. The smallest absolute Gasteiger partial charge is 0.239 e. The average molecular weight is 192 g/mol. The second kappa shape index (κ2) is 4.61. The second-order valence-electron chi connectivity index (χ2n) is 2.36. The summed E-state index contributed by atoms with van der Waals surface area (Å²) in [5.74, 6) is -0.754. The molecular weight excluding hydrogens is 182 g/mol. The van der Waals surface area contributed by atoms with Crippen LogP contribution in [0.2, 0.25) is 0 Å². The molecule has 0 saturated carbocycles. The fraction of sp³-hybridized carbons (Fsp3) is 0.500. The molecule has 0 aromatic carbocycles. The average Bonchev–Trinajstić information content (AvgIpc) is 2.03. The maximum absolute atomic E-state index is 12.5. The van der Waals surface area contributed by atoms with Crippen LogP contribution in [-0.2, 0) is 0 Å². The fourth-order valence-corrected chi connectivity index (χ4v) is 0.781. The van der Waals surface area contributed by atoms with Gasteiger partial charge < -0.3 is 10.4 Å². The van der Waals surface area contributed by atoms with Crippen LogP contribution >= 0.6 is 0 Å². The molecule has 0 saturated heterocycles. The molecule has 1 aliphatic rings. The van der Waals surface area contributed by atoms with Crippen LogP contribution in [0.4, 0.5) is 8.87 Å². The molecule has 74 valence electrons. The third kappa shape index (κ3) is 3.24. The Morgan fingerprint density at radius 3 is 3.08 bits per heavy atom. The molecular formula is C6H10F2N4O. The molecule has 3 N–H and O–H groups in total. The lowest BCUT2D eigenvalue weighted by Crippen LogP contribution is -2.37. The number of rotatable bonds is 4. The van der Waals surface area contributed by atoms with Gasteiger partial charge >= 0.3 is 0 Å². The molecule has 0 unspecified atom stereocenters. The molecule has 1 aliphatic heterocycles. The lowest BCUT2D eigenvalue weighted by atomic mass is 10.4.